The smallest absolute Gasteiger partial charge is 0.224 e. The van der Waals surface area contributed by atoms with Crippen LogP contribution in [0.1, 0.15) is 52.7 Å². The van der Waals surface area contributed by atoms with E-state index in [-0.39, 0.29) is 24.5 Å². The predicted molar refractivity (Wildman–Crippen MR) is 103 cm³/mol. The van der Waals surface area contributed by atoms with Gasteiger partial charge in [0.25, 0.3) is 0 Å². The second-order valence-corrected chi connectivity index (χ2v) is 6.87. The Hall–Kier alpha value is -2.62. The number of Topliss-reactive ketones (excluding diaryl/α,β-unsaturated/α-hetero) is 1. The van der Waals surface area contributed by atoms with Crippen LogP contribution < -0.4 is 10.1 Å². The fourth-order valence-electron chi connectivity index (χ4n) is 3.41. The Morgan fingerprint density at radius 3 is 2.54 bits per heavy atom. The number of ketones is 1. The fraction of sp³-hybridized carbons (Fsp3) is 0.364. The van der Waals surface area contributed by atoms with Gasteiger partial charge in [-0.3, -0.25) is 9.59 Å². The lowest BCUT2D eigenvalue weighted by Crippen LogP contribution is -2.14. The number of carbonyl (C=O) groups excluding carboxylic acids is 2. The lowest BCUT2D eigenvalue weighted by atomic mass is 9.89. The molecule has 4 heteroatoms. The number of hydrogen-bond donors (Lipinski definition) is 1. The van der Waals surface area contributed by atoms with Gasteiger partial charge in [0, 0.05) is 18.4 Å². The maximum Gasteiger partial charge on any atom is 0.224 e. The van der Waals surface area contributed by atoms with Gasteiger partial charge in [-0.2, -0.15) is 0 Å². The highest BCUT2D eigenvalue weighted by atomic mass is 16.5. The number of nitrogens with one attached hydrogen (secondary N) is 1. The van der Waals surface area contributed by atoms with Crippen molar-refractivity contribution in [3.63, 3.8) is 0 Å². The molecular formula is C22H25NO3. The van der Waals surface area contributed by atoms with E-state index >= 15 is 0 Å². The number of rotatable bonds is 6. The zero-order valence-electron chi connectivity index (χ0n) is 15.4. The van der Waals surface area contributed by atoms with Crippen LogP contribution in [0.2, 0.25) is 0 Å². The number of ether oxygens (including phenoxy) is 1. The SMILES string of the molecule is COc1ccc(C)cc1NC(=O)CCC(=O)c1ccc2c(c1)CCCC2. The Labute approximate surface area is 154 Å². The summed E-state index contributed by atoms with van der Waals surface area (Å²) in [5.74, 6) is 0.454. The van der Waals surface area contributed by atoms with Gasteiger partial charge in [-0.15, -0.1) is 0 Å². The van der Waals surface area contributed by atoms with E-state index < -0.39 is 0 Å². The first-order valence-electron chi connectivity index (χ1n) is 9.16. The van der Waals surface area contributed by atoms with Crippen molar-refractivity contribution in [1.29, 1.82) is 0 Å². The van der Waals surface area contributed by atoms with Gasteiger partial charge in [0.2, 0.25) is 5.91 Å². The molecule has 0 fully saturated rings. The van der Waals surface area contributed by atoms with E-state index in [0.29, 0.717) is 17.0 Å². The van der Waals surface area contributed by atoms with E-state index in [4.69, 9.17) is 4.74 Å². The summed E-state index contributed by atoms with van der Waals surface area (Å²) in [6.45, 7) is 1.95. The molecule has 0 saturated heterocycles. The topological polar surface area (TPSA) is 55.4 Å². The van der Waals surface area contributed by atoms with Crippen LogP contribution in [0, 0.1) is 6.92 Å². The molecule has 136 valence electrons. The van der Waals surface area contributed by atoms with Crippen LogP contribution in [0.15, 0.2) is 36.4 Å². The Bertz CT molecular complexity index is 826. The average molecular weight is 351 g/mol. The molecule has 0 aromatic heterocycles. The first-order valence-corrected chi connectivity index (χ1v) is 9.16. The van der Waals surface area contributed by atoms with E-state index in [0.717, 1.165) is 18.4 Å². The molecule has 0 saturated carbocycles. The molecule has 0 radical (unpaired) electrons. The summed E-state index contributed by atoms with van der Waals surface area (Å²) in [6.07, 6.45) is 4.93. The van der Waals surface area contributed by atoms with Gasteiger partial charge in [-0.05, 0) is 67.5 Å². The van der Waals surface area contributed by atoms with Crippen LogP contribution in [-0.4, -0.2) is 18.8 Å². The van der Waals surface area contributed by atoms with Crippen LogP contribution in [0.4, 0.5) is 5.69 Å². The first kappa shape index (κ1) is 18.2. The van der Waals surface area contributed by atoms with Gasteiger partial charge in [0.1, 0.15) is 5.75 Å². The number of hydrogen-bond acceptors (Lipinski definition) is 3. The maximum atomic E-state index is 12.5. The molecule has 1 aliphatic carbocycles. The summed E-state index contributed by atoms with van der Waals surface area (Å²) in [7, 11) is 1.57. The number of amides is 1. The number of benzene rings is 2. The zero-order valence-corrected chi connectivity index (χ0v) is 15.4. The molecule has 0 aliphatic heterocycles. The van der Waals surface area contributed by atoms with Gasteiger partial charge < -0.3 is 10.1 Å². The van der Waals surface area contributed by atoms with E-state index in [1.54, 1.807) is 7.11 Å². The molecule has 3 rings (SSSR count). The maximum absolute atomic E-state index is 12.5. The van der Waals surface area contributed by atoms with Gasteiger partial charge in [0.05, 0.1) is 12.8 Å². The molecule has 1 amide bonds. The minimum Gasteiger partial charge on any atom is -0.495 e. The van der Waals surface area contributed by atoms with E-state index in [9.17, 15) is 9.59 Å². The molecule has 0 unspecified atom stereocenters. The quantitative estimate of drug-likeness (QED) is 0.781. The number of methoxy groups -OCH3 is 1. The molecule has 1 N–H and O–H groups in total. The first-order chi connectivity index (χ1) is 12.6. The number of carbonyl (C=O) groups is 2. The number of fused-ring (bicyclic) bond motifs is 1. The summed E-state index contributed by atoms with van der Waals surface area (Å²) >= 11 is 0. The molecule has 0 atom stereocenters. The highest BCUT2D eigenvalue weighted by Crippen LogP contribution is 2.26. The minimum absolute atomic E-state index is 0.0183. The van der Waals surface area contributed by atoms with Crippen molar-refractivity contribution in [3.05, 3.63) is 58.7 Å². The standard InChI is InChI=1S/C22H25NO3/c1-15-7-11-21(26-2)19(13-15)23-22(25)12-10-20(24)18-9-8-16-5-3-4-6-17(16)14-18/h7-9,11,13-14H,3-6,10,12H2,1-2H3,(H,23,25). The highest BCUT2D eigenvalue weighted by molar-refractivity contribution is 6.00. The van der Waals surface area contributed by atoms with Crippen LogP contribution in [0.3, 0.4) is 0 Å². The van der Waals surface area contributed by atoms with Crippen LogP contribution in [0.25, 0.3) is 0 Å². The van der Waals surface area contributed by atoms with Crippen molar-refractivity contribution in [2.75, 3.05) is 12.4 Å². The molecule has 0 bridgehead atoms. The van der Waals surface area contributed by atoms with Crippen LogP contribution in [-0.2, 0) is 17.6 Å². The predicted octanol–water partition coefficient (Wildman–Crippen LogP) is 4.48. The molecule has 4 nitrogen and oxygen atoms in total. The molecule has 0 spiro atoms. The van der Waals surface area contributed by atoms with E-state index in [1.807, 2.05) is 37.3 Å². The number of anilines is 1. The van der Waals surface area contributed by atoms with Crippen molar-refractivity contribution in [3.8, 4) is 5.75 Å². The van der Waals surface area contributed by atoms with Crippen molar-refractivity contribution >= 4 is 17.4 Å². The Balaban J connectivity index is 1.59. The monoisotopic (exact) mass is 351 g/mol. The molecule has 0 heterocycles. The summed E-state index contributed by atoms with van der Waals surface area (Å²) in [5.41, 5.74) is 5.03. The van der Waals surface area contributed by atoms with E-state index in [1.165, 1.54) is 24.0 Å². The zero-order chi connectivity index (χ0) is 18.5. The summed E-state index contributed by atoms with van der Waals surface area (Å²) in [6, 6.07) is 11.6. The van der Waals surface area contributed by atoms with Gasteiger partial charge in [0.15, 0.2) is 5.78 Å². The normalized spacial score (nSPS) is 13.0. The van der Waals surface area contributed by atoms with Crippen LogP contribution in [0.5, 0.6) is 5.75 Å². The highest BCUT2D eigenvalue weighted by Gasteiger charge is 2.15. The van der Waals surface area contributed by atoms with Crippen molar-refractivity contribution in [2.45, 2.75) is 45.4 Å². The molecule has 2 aromatic carbocycles. The lowest BCUT2D eigenvalue weighted by Gasteiger charge is -2.16. The summed E-state index contributed by atoms with van der Waals surface area (Å²) in [4.78, 5) is 24.7. The largest absolute Gasteiger partial charge is 0.495 e. The molecule has 1 aliphatic rings. The van der Waals surface area contributed by atoms with Crippen LogP contribution >= 0.6 is 0 Å². The summed E-state index contributed by atoms with van der Waals surface area (Å²) < 4.78 is 5.27. The van der Waals surface area contributed by atoms with Gasteiger partial charge in [-0.1, -0.05) is 18.2 Å². The number of aryl methyl sites for hydroxylation is 3. The second kappa shape index (κ2) is 8.17. The van der Waals surface area contributed by atoms with Gasteiger partial charge in [-0.25, -0.2) is 0 Å². The third-order valence-corrected chi connectivity index (χ3v) is 4.88. The third-order valence-electron chi connectivity index (χ3n) is 4.88. The molecular weight excluding hydrogens is 326 g/mol. The van der Waals surface area contributed by atoms with Gasteiger partial charge >= 0.3 is 0 Å². The molecule has 2 aromatic rings. The van der Waals surface area contributed by atoms with Crippen molar-refractivity contribution in [1.82, 2.24) is 0 Å². The molecule has 26 heavy (non-hydrogen) atoms. The second-order valence-electron chi connectivity index (χ2n) is 6.87. The fourth-order valence-corrected chi connectivity index (χ4v) is 3.41. The minimum atomic E-state index is -0.180. The Morgan fingerprint density at radius 2 is 1.77 bits per heavy atom. The average Bonchev–Trinajstić information content (AvgIpc) is 2.66. The Kier molecular flexibility index (Phi) is 5.71. The van der Waals surface area contributed by atoms with Crippen molar-refractivity contribution < 1.29 is 14.3 Å². The third kappa shape index (κ3) is 4.31. The summed E-state index contributed by atoms with van der Waals surface area (Å²) in [5, 5.41) is 2.84. The van der Waals surface area contributed by atoms with E-state index in [2.05, 4.69) is 11.4 Å². The Morgan fingerprint density at radius 1 is 1.00 bits per heavy atom. The van der Waals surface area contributed by atoms with Crippen molar-refractivity contribution in [2.24, 2.45) is 0 Å². The lowest BCUT2D eigenvalue weighted by molar-refractivity contribution is -0.116.